The molecule has 0 amide bonds. The zero-order chi connectivity index (χ0) is 13.9. The van der Waals surface area contributed by atoms with Crippen LogP contribution in [-0.2, 0) is 7.05 Å². The molecule has 108 valence electrons. The fourth-order valence-corrected chi connectivity index (χ4v) is 3.33. The highest BCUT2D eigenvalue weighted by Crippen LogP contribution is 2.32. The molecule has 4 heteroatoms. The fourth-order valence-electron chi connectivity index (χ4n) is 3.33. The number of aromatic nitrogens is 4. The van der Waals surface area contributed by atoms with E-state index >= 15 is 0 Å². The summed E-state index contributed by atoms with van der Waals surface area (Å²) in [6, 6.07) is 0. The van der Waals surface area contributed by atoms with Crippen molar-refractivity contribution in [3.8, 4) is 0 Å². The van der Waals surface area contributed by atoms with Crippen LogP contribution in [0.2, 0.25) is 0 Å². The van der Waals surface area contributed by atoms with Crippen molar-refractivity contribution in [1.82, 2.24) is 19.5 Å². The van der Waals surface area contributed by atoms with Crippen LogP contribution in [0.4, 0.5) is 0 Å². The third-order valence-electron chi connectivity index (χ3n) is 4.65. The number of hydrogen-bond donors (Lipinski definition) is 0. The van der Waals surface area contributed by atoms with Gasteiger partial charge in [-0.2, -0.15) is 0 Å². The first-order valence-electron chi connectivity index (χ1n) is 7.91. The average molecular weight is 272 g/mol. The summed E-state index contributed by atoms with van der Waals surface area (Å²) in [5.41, 5.74) is 3.18. The van der Waals surface area contributed by atoms with Crippen molar-refractivity contribution in [3.63, 3.8) is 0 Å². The van der Waals surface area contributed by atoms with E-state index in [4.69, 9.17) is 4.98 Å². The van der Waals surface area contributed by atoms with Gasteiger partial charge < -0.3 is 4.57 Å². The van der Waals surface area contributed by atoms with Gasteiger partial charge in [-0.3, -0.25) is 0 Å². The lowest BCUT2D eigenvalue weighted by Gasteiger charge is -2.15. The number of aryl methyl sites for hydroxylation is 2. The normalized spacial score (nSPS) is 18.7. The molecule has 1 aliphatic carbocycles. The maximum Gasteiger partial charge on any atom is 0.163 e. The van der Waals surface area contributed by atoms with E-state index in [9.17, 15) is 0 Å². The molecule has 2 aromatic heterocycles. The van der Waals surface area contributed by atoms with Crippen LogP contribution in [-0.4, -0.2) is 19.5 Å². The number of imidazole rings is 1. The minimum Gasteiger partial charge on any atom is -0.316 e. The van der Waals surface area contributed by atoms with Crippen LogP contribution in [0.1, 0.15) is 68.8 Å². The Kier molecular flexibility index (Phi) is 3.99. The predicted octanol–water partition coefficient (Wildman–Crippen LogP) is 3.89. The lowest BCUT2D eigenvalue weighted by molar-refractivity contribution is 0.531. The summed E-state index contributed by atoms with van der Waals surface area (Å²) in [6.07, 6.45) is 12.4. The van der Waals surface area contributed by atoms with E-state index in [0.29, 0.717) is 5.92 Å². The largest absolute Gasteiger partial charge is 0.316 e. The molecule has 20 heavy (non-hydrogen) atoms. The highest BCUT2D eigenvalue weighted by molar-refractivity contribution is 5.74. The van der Waals surface area contributed by atoms with E-state index in [1.807, 2.05) is 14.0 Å². The summed E-state index contributed by atoms with van der Waals surface area (Å²) in [5, 5.41) is 0. The third kappa shape index (κ3) is 2.56. The summed E-state index contributed by atoms with van der Waals surface area (Å²) < 4.78 is 2.07. The Morgan fingerprint density at radius 2 is 1.65 bits per heavy atom. The van der Waals surface area contributed by atoms with Gasteiger partial charge >= 0.3 is 0 Å². The molecule has 3 rings (SSSR count). The lowest BCUT2D eigenvalue weighted by atomic mass is 9.93. The second kappa shape index (κ2) is 5.90. The standard InChI is InChI=1S/C16H24N4/c1-12-19-15-14(17-11-18-16(15)20(12)2)13-9-7-5-3-4-6-8-10-13/h11,13H,3-10H2,1-2H3. The maximum absolute atomic E-state index is 4.70. The number of rotatable bonds is 1. The highest BCUT2D eigenvalue weighted by Gasteiger charge is 2.20. The first-order valence-corrected chi connectivity index (χ1v) is 7.91. The van der Waals surface area contributed by atoms with Crippen LogP contribution in [0, 0.1) is 6.92 Å². The van der Waals surface area contributed by atoms with Gasteiger partial charge in [-0.1, -0.05) is 38.5 Å². The molecule has 0 radical (unpaired) electrons. The van der Waals surface area contributed by atoms with Crippen molar-refractivity contribution in [2.24, 2.45) is 7.05 Å². The van der Waals surface area contributed by atoms with E-state index in [1.54, 1.807) is 6.33 Å². The molecule has 0 atom stereocenters. The average Bonchev–Trinajstić information content (AvgIpc) is 2.82. The van der Waals surface area contributed by atoms with Crippen LogP contribution in [0.5, 0.6) is 0 Å². The quantitative estimate of drug-likeness (QED) is 0.791. The Bertz CT molecular complexity index is 577. The van der Waals surface area contributed by atoms with Gasteiger partial charge in [0.1, 0.15) is 17.7 Å². The molecule has 0 N–H and O–H groups in total. The smallest absolute Gasteiger partial charge is 0.163 e. The summed E-state index contributed by atoms with van der Waals surface area (Å²) >= 11 is 0. The summed E-state index contributed by atoms with van der Waals surface area (Å²) in [7, 11) is 2.03. The first-order chi connectivity index (χ1) is 9.77. The number of nitrogens with zero attached hydrogens (tertiary/aromatic N) is 4. The van der Waals surface area contributed by atoms with Crippen molar-refractivity contribution >= 4 is 11.2 Å². The van der Waals surface area contributed by atoms with Gasteiger partial charge in [0.15, 0.2) is 5.65 Å². The molecule has 4 nitrogen and oxygen atoms in total. The van der Waals surface area contributed by atoms with Crippen LogP contribution in [0.25, 0.3) is 11.2 Å². The second-order valence-corrected chi connectivity index (χ2v) is 6.04. The summed E-state index contributed by atoms with van der Waals surface area (Å²) in [5.74, 6) is 1.58. The minimum atomic E-state index is 0.563. The Hall–Kier alpha value is -1.45. The van der Waals surface area contributed by atoms with Crippen LogP contribution in [0.3, 0.4) is 0 Å². The van der Waals surface area contributed by atoms with Gasteiger partial charge in [-0.05, 0) is 19.8 Å². The number of hydrogen-bond acceptors (Lipinski definition) is 3. The Balaban J connectivity index is 1.96. The molecule has 0 aromatic carbocycles. The van der Waals surface area contributed by atoms with Gasteiger partial charge in [0, 0.05) is 13.0 Å². The fraction of sp³-hybridized carbons (Fsp3) is 0.688. The molecule has 2 aromatic rings. The van der Waals surface area contributed by atoms with E-state index in [1.165, 1.54) is 57.1 Å². The topological polar surface area (TPSA) is 43.6 Å². The van der Waals surface area contributed by atoms with E-state index in [2.05, 4.69) is 14.5 Å². The molecular weight excluding hydrogens is 248 g/mol. The Morgan fingerprint density at radius 1 is 1.00 bits per heavy atom. The lowest BCUT2D eigenvalue weighted by Crippen LogP contribution is -2.04. The zero-order valence-corrected chi connectivity index (χ0v) is 12.6. The monoisotopic (exact) mass is 272 g/mol. The zero-order valence-electron chi connectivity index (χ0n) is 12.6. The molecule has 0 saturated heterocycles. The van der Waals surface area contributed by atoms with Gasteiger partial charge in [-0.15, -0.1) is 0 Å². The number of fused-ring (bicyclic) bond motifs is 1. The molecule has 0 aliphatic heterocycles. The molecule has 1 saturated carbocycles. The third-order valence-corrected chi connectivity index (χ3v) is 4.65. The van der Waals surface area contributed by atoms with Crippen molar-refractivity contribution in [2.45, 2.75) is 64.2 Å². The summed E-state index contributed by atoms with van der Waals surface area (Å²) in [6.45, 7) is 2.04. The van der Waals surface area contributed by atoms with Gasteiger partial charge in [0.25, 0.3) is 0 Å². The van der Waals surface area contributed by atoms with Gasteiger partial charge in [0.05, 0.1) is 5.69 Å². The van der Waals surface area contributed by atoms with E-state index < -0.39 is 0 Å². The molecule has 2 heterocycles. The molecule has 1 aliphatic rings. The molecule has 0 spiro atoms. The Labute approximate surface area is 120 Å². The van der Waals surface area contributed by atoms with Gasteiger partial charge in [-0.25, -0.2) is 15.0 Å². The van der Waals surface area contributed by atoms with Crippen LogP contribution >= 0.6 is 0 Å². The van der Waals surface area contributed by atoms with Gasteiger partial charge in [0.2, 0.25) is 0 Å². The first kappa shape index (κ1) is 13.5. The van der Waals surface area contributed by atoms with Crippen LogP contribution < -0.4 is 0 Å². The highest BCUT2D eigenvalue weighted by atomic mass is 15.1. The van der Waals surface area contributed by atoms with Crippen molar-refractivity contribution in [1.29, 1.82) is 0 Å². The second-order valence-electron chi connectivity index (χ2n) is 6.04. The molecule has 0 bridgehead atoms. The maximum atomic E-state index is 4.70. The van der Waals surface area contributed by atoms with Crippen LogP contribution in [0.15, 0.2) is 6.33 Å². The van der Waals surface area contributed by atoms with Crippen molar-refractivity contribution in [3.05, 3.63) is 17.8 Å². The van der Waals surface area contributed by atoms with E-state index in [-0.39, 0.29) is 0 Å². The molecule has 0 unspecified atom stereocenters. The predicted molar refractivity (Wildman–Crippen MR) is 80.7 cm³/mol. The van der Waals surface area contributed by atoms with Crippen molar-refractivity contribution < 1.29 is 0 Å². The molecular formula is C16H24N4. The minimum absolute atomic E-state index is 0.563. The van der Waals surface area contributed by atoms with Crippen molar-refractivity contribution in [2.75, 3.05) is 0 Å². The Morgan fingerprint density at radius 3 is 2.35 bits per heavy atom. The molecule has 1 fully saturated rings. The summed E-state index contributed by atoms with van der Waals surface area (Å²) in [4.78, 5) is 13.7. The van der Waals surface area contributed by atoms with E-state index in [0.717, 1.165) is 17.0 Å². The SMILES string of the molecule is Cc1nc2c(C3CCCCCCCC3)ncnc2n1C.